The molecule has 0 saturated carbocycles. The van der Waals surface area contributed by atoms with Crippen LogP contribution in [0.1, 0.15) is 15.9 Å². The number of amides is 1. The van der Waals surface area contributed by atoms with Crippen LogP contribution in [-0.2, 0) is 0 Å². The van der Waals surface area contributed by atoms with E-state index >= 15 is 0 Å². The average Bonchev–Trinajstić information content (AvgIpc) is 2.17. The Bertz CT molecular complexity index is 334. The van der Waals surface area contributed by atoms with Crippen molar-refractivity contribution in [2.75, 3.05) is 27.2 Å². The largest absolute Gasteiger partial charge is 0.346 e. The summed E-state index contributed by atoms with van der Waals surface area (Å²) in [4.78, 5) is 13.0. The van der Waals surface area contributed by atoms with Gasteiger partial charge in [-0.15, -0.1) is 0 Å². The summed E-state index contributed by atoms with van der Waals surface area (Å²) in [6, 6.07) is 7.63. The summed E-state index contributed by atoms with van der Waals surface area (Å²) in [6.07, 6.45) is 0. The Labute approximate surface area is 91.1 Å². The first-order valence-corrected chi connectivity index (χ1v) is 5.23. The maximum Gasteiger partial charge on any atom is 0.251 e. The zero-order valence-electron chi connectivity index (χ0n) is 9.63. The van der Waals surface area contributed by atoms with Gasteiger partial charge < -0.3 is 10.2 Å². The van der Waals surface area contributed by atoms with Gasteiger partial charge in [-0.2, -0.15) is 0 Å². The van der Waals surface area contributed by atoms with Crippen LogP contribution in [0.5, 0.6) is 0 Å². The van der Waals surface area contributed by atoms with Gasteiger partial charge in [-0.3, -0.25) is 4.79 Å². The lowest BCUT2D eigenvalue weighted by Gasteiger charge is -2.08. The first-order chi connectivity index (χ1) is 7.09. The van der Waals surface area contributed by atoms with Crippen LogP contribution >= 0.6 is 0 Å². The van der Waals surface area contributed by atoms with Gasteiger partial charge in [0.15, 0.2) is 0 Å². The zero-order valence-corrected chi connectivity index (χ0v) is 9.63. The molecular weight excluding hydrogens is 188 g/mol. The van der Waals surface area contributed by atoms with Crippen molar-refractivity contribution in [3.05, 3.63) is 35.4 Å². The van der Waals surface area contributed by atoms with E-state index in [9.17, 15) is 4.79 Å². The van der Waals surface area contributed by atoms with E-state index in [1.54, 1.807) is 0 Å². The molecule has 0 aliphatic heterocycles. The normalized spacial score (nSPS) is 10.4. The van der Waals surface area contributed by atoms with E-state index in [0.717, 1.165) is 24.2 Å². The molecular formula is C12H19N2O+. The number of likely N-dealkylation sites (N-methyl/N-ethyl adjacent to an activating group) is 1. The molecule has 0 aliphatic rings. The Hall–Kier alpha value is -1.35. The Balaban J connectivity index is 2.47. The van der Waals surface area contributed by atoms with Crippen LogP contribution in [0.4, 0.5) is 0 Å². The third-order valence-corrected chi connectivity index (χ3v) is 2.19. The number of aryl methyl sites for hydroxylation is 1. The molecule has 82 valence electrons. The fraction of sp³-hybridized carbons (Fsp3) is 0.417. The van der Waals surface area contributed by atoms with Crippen molar-refractivity contribution < 1.29 is 9.69 Å². The molecule has 0 fully saturated rings. The molecule has 1 rings (SSSR count). The van der Waals surface area contributed by atoms with E-state index in [2.05, 4.69) is 19.4 Å². The van der Waals surface area contributed by atoms with Gasteiger partial charge >= 0.3 is 0 Å². The zero-order chi connectivity index (χ0) is 11.3. The number of carbonyl (C=O) groups is 1. The summed E-state index contributed by atoms with van der Waals surface area (Å²) in [5.41, 5.74) is 1.85. The minimum Gasteiger partial charge on any atom is -0.346 e. The number of nitrogens with one attached hydrogen (secondary N) is 2. The summed E-state index contributed by atoms with van der Waals surface area (Å²) in [5, 5.41) is 2.90. The standard InChI is InChI=1S/C12H18N2O/c1-10-5-4-6-11(9-10)12(15)13-7-8-14(2)3/h4-6,9H,7-8H2,1-3H3,(H,13,15)/p+1. The molecule has 0 radical (unpaired) electrons. The quantitative estimate of drug-likeness (QED) is 0.708. The Morgan fingerprint density at radius 2 is 2.13 bits per heavy atom. The minimum atomic E-state index is 0.0138. The topological polar surface area (TPSA) is 33.5 Å². The summed E-state index contributed by atoms with van der Waals surface area (Å²) in [7, 11) is 4.14. The van der Waals surface area contributed by atoms with Gasteiger partial charge in [0, 0.05) is 5.56 Å². The maximum atomic E-state index is 11.7. The molecule has 1 amide bonds. The lowest BCUT2D eigenvalue weighted by Crippen LogP contribution is -3.06. The van der Waals surface area contributed by atoms with Crippen molar-refractivity contribution >= 4 is 5.91 Å². The highest BCUT2D eigenvalue weighted by Gasteiger charge is 2.04. The van der Waals surface area contributed by atoms with Gasteiger partial charge in [0.2, 0.25) is 0 Å². The van der Waals surface area contributed by atoms with Crippen LogP contribution in [0.3, 0.4) is 0 Å². The number of rotatable bonds is 4. The van der Waals surface area contributed by atoms with Gasteiger partial charge in [0.1, 0.15) is 0 Å². The first-order valence-electron chi connectivity index (χ1n) is 5.23. The average molecular weight is 207 g/mol. The second-order valence-electron chi connectivity index (χ2n) is 4.08. The molecule has 15 heavy (non-hydrogen) atoms. The number of hydrogen-bond donors (Lipinski definition) is 2. The second kappa shape index (κ2) is 5.51. The molecule has 0 atom stereocenters. The van der Waals surface area contributed by atoms with E-state index in [0.29, 0.717) is 0 Å². The minimum absolute atomic E-state index is 0.0138. The molecule has 0 saturated heterocycles. The Morgan fingerprint density at radius 1 is 1.40 bits per heavy atom. The fourth-order valence-corrected chi connectivity index (χ4v) is 1.31. The molecule has 1 aromatic rings. The Morgan fingerprint density at radius 3 is 2.73 bits per heavy atom. The van der Waals surface area contributed by atoms with E-state index in [4.69, 9.17) is 0 Å². The molecule has 1 aromatic carbocycles. The molecule has 0 unspecified atom stereocenters. The van der Waals surface area contributed by atoms with Crippen LogP contribution in [-0.4, -0.2) is 33.1 Å². The van der Waals surface area contributed by atoms with Crippen molar-refractivity contribution in [2.45, 2.75) is 6.92 Å². The number of benzene rings is 1. The monoisotopic (exact) mass is 207 g/mol. The first kappa shape index (κ1) is 11.7. The highest BCUT2D eigenvalue weighted by atomic mass is 16.1. The summed E-state index contributed by atoms with van der Waals surface area (Å²) >= 11 is 0. The van der Waals surface area contributed by atoms with E-state index in [1.807, 2.05) is 31.2 Å². The van der Waals surface area contributed by atoms with Gasteiger partial charge in [-0.1, -0.05) is 17.7 Å². The summed E-state index contributed by atoms with van der Waals surface area (Å²) < 4.78 is 0. The van der Waals surface area contributed by atoms with E-state index < -0.39 is 0 Å². The molecule has 0 aromatic heterocycles. The van der Waals surface area contributed by atoms with E-state index in [1.165, 1.54) is 4.90 Å². The summed E-state index contributed by atoms with van der Waals surface area (Å²) in [6.45, 7) is 3.65. The van der Waals surface area contributed by atoms with Crippen LogP contribution in [0.15, 0.2) is 24.3 Å². The molecule has 2 N–H and O–H groups in total. The predicted molar refractivity (Wildman–Crippen MR) is 61.2 cm³/mol. The molecule has 0 heterocycles. The lowest BCUT2D eigenvalue weighted by atomic mass is 10.1. The van der Waals surface area contributed by atoms with Gasteiger partial charge in [-0.25, -0.2) is 0 Å². The van der Waals surface area contributed by atoms with Crippen molar-refractivity contribution in [3.8, 4) is 0 Å². The second-order valence-corrected chi connectivity index (χ2v) is 4.08. The highest BCUT2D eigenvalue weighted by Crippen LogP contribution is 2.02. The van der Waals surface area contributed by atoms with Crippen molar-refractivity contribution in [3.63, 3.8) is 0 Å². The van der Waals surface area contributed by atoms with Crippen molar-refractivity contribution in [1.82, 2.24) is 5.32 Å². The number of hydrogen-bond acceptors (Lipinski definition) is 1. The molecule has 3 heteroatoms. The van der Waals surface area contributed by atoms with Gasteiger partial charge in [-0.05, 0) is 19.1 Å². The molecule has 0 spiro atoms. The number of quaternary nitrogens is 1. The molecule has 0 aliphatic carbocycles. The third kappa shape index (κ3) is 4.13. The third-order valence-electron chi connectivity index (χ3n) is 2.19. The molecule has 3 nitrogen and oxygen atoms in total. The van der Waals surface area contributed by atoms with E-state index in [-0.39, 0.29) is 5.91 Å². The van der Waals surface area contributed by atoms with Crippen LogP contribution in [0, 0.1) is 6.92 Å². The predicted octanol–water partition coefficient (Wildman–Crippen LogP) is -0.131. The van der Waals surface area contributed by atoms with Gasteiger partial charge in [0.25, 0.3) is 5.91 Å². The SMILES string of the molecule is Cc1cccc(C(=O)NCC[NH+](C)C)c1. The highest BCUT2D eigenvalue weighted by molar-refractivity contribution is 5.94. The fourth-order valence-electron chi connectivity index (χ4n) is 1.31. The maximum absolute atomic E-state index is 11.7. The van der Waals surface area contributed by atoms with Crippen LogP contribution < -0.4 is 10.2 Å². The Kier molecular flexibility index (Phi) is 4.31. The summed E-state index contributed by atoms with van der Waals surface area (Å²) in [5.74, 6) is 0.0138. The van der Waals surface area contributed by atoms with Crippen LogP contribution in [0.25, 0.3) is 0 Å². The van der Waals surface area contributed by atoms with Crippen LogP contribution in [0.2, 0.25) is 0 Å². The van der Waals surface area contributed by atoms with Crippen molar-refractivity contribution in [2.24, 2.45) is 0 Å². The van der Waals surface area contributed by atoms with Gasteiger partial charge in [0.05, 0.1) is 27.2 Å². The smallest absolute Gasteiger partial charge is 0.251 e. The lowest BCUT2D eigenvalue weighted by molar-refractivity contribution is -0.856. The van der Waals surface area contributed by atoms with Crippen molar-refractivity contribution in [1.29, 1.82) is 0 Å². The molecule has 0 bridgehead atoms. The number of carbonyl (C=O) groups excluding carboxylic acids is 1.